The van der Waals surface area contributed by atoms with Crippen molar-refractivity contribution in [3.63, 3.8) is 0 Å². The maximum absolute atomic E-state index is 6.01. The summed E-state index contributed by atoms with van der Waals surface area (Å²) in [6.45, 7) is 10.4. The van der Waals surface area contributed by atoms with Gasteiger partial charge in [-0.25, -0.2) is 0 Å². The van der Waals surface area contributed by atoms with Crippen molar-refractivity contribution >= 4 is 0 Å². The predicted molar refractivity (Wildman–Crippen MR) is 79.1 cm³/mol. The Kier molecular flexibility index (Phi) is 4.23. The molecule has 1 atom stereocenters. The number of nitrogens with two attached hydrogens (primary N) is 1. The second-order valence-corrected chi connectivity index (χ2v) is 6.19. The number of hydrogen-bond acceptors (Lipinski definition) is 4. The smallest absolute Gasteiger partial charge is 0.0487 e. The molecule has 1 aliphatic rings. The van der Waals surface area contributed by atoms with Crippen molar-refractivity contribution in [3.05, 3.63) is 29.6 Å². The number of pyridine rings is 1. The van der Waals surface area contributed by atoms with Crippen LogP contribution in [0.2, 0.25) is 0 Å². The Morgan fingerprint density at radius 3 is 2.63 bits per heavy atom. The fourth-order valence-corrected chi connectivity index (χ4v) is 2.72. The van der Waals surface area contributed by atoms with Gasteiger partial charge in [0.05, 0.1) is 0 Å². The lowest BCUT2D eigenvalue weighted by molar-refractivity contribution is 0.0179. The van der Waals surface area contributed by atoms with Crippen molar-refractivity contribution in [1.29, 1.82) is 0 Å². The Balaban J connectivity index is 2.16. The molecule has 1 aromatic rings. The van der Waals surface area contributed by atoms with Crippen LogP contribution in [0.5, 0.6) is 0 Å². The Hall–Kier alpha value is -0.970. The molecule has 0 saturated carbocycles. The van der Waals surface area contributed by atoms with Crippen molar-refractivity contribution in [2.45, 2.75) is 32.4 Å². The molecule has 19 heavy (non-hydrogen) atoms. The predicted octanol–water partition coefficient (Wildman–Crippen LogP) is 1.42. The molecular formula is C15H26N4. The van der Waals surface area contributed by atoms with Crippen molar-refractivity contribution < 1.29 is 0 Å². The van der Waals surface area contributed by atoms with Gasteiger partial charge in [-0.2, -0.15) is 0 Å². The summed E-state index contributed by atoms with van der Waals surface area (Å²) in [7, 11) is 2.20. The van der Waals surface area contributed by atoms with Gasteiger partial charge >= 0.3 is 0 Å². The standard InChI is InChI=1S/C15H26N4/c1-12-5-6-13(10-17-12)14(9-16)19-8-7-18(4)15(2,3)11-19/h5-6,10,14H,7-9,11,16H2,1-4H3. The number of piperazine rings is 1. The van der Waals surface area contributed by atoms with Gasteiger partial charge in [0, 0.05) is 49.7 Å². The van der Waals surface area contributed by atoms with Crippen LogP contribution in [0.3, 0.4) is 0 Å². The van der Waals surface area contributed by atoms with E-state index in [0.29, 0.717) is 6.54 Å². The van der Waals surface area contributed by atoms with E-state index in [0.717, 1.165) is 25.3 Å². The molecule has 0 bridgehead atoms. The fraction of sp³-hybridized carbons (Fsp3) is 0.667. The first-order valence-electron chi connectivity index (χ1n) is 7.02. The molecule has 2 N–H and O–H groups in total. The van der Waals surface area contributed by atoms with E-state index in [1.807, 2.05) is 13.1 Å². The molecule has 4 heteroatoms. The Morgan fingerprint density at radius 1 is 1.37 bits per heavy atom. The first kappa shape index (κ1) is 14.4. The molecule has 1 unspecified atom stereocenters. The molecule has 0 aromatic carbocycles. The summed E-state index contributed by atoms with van der Waals surface area (Å²) < 4.78 is 0. The van der Waals surface area contributed by atoms with Gasteiger partial charge in [0.25, 0.3) is 0 Å². The highest BCUT2D eigenvalue weighted by Crippen LogP contribution is 2.26. The highest BCUT2D eigenvalue weighted by atomic mass is 15.3. The minimum absolute atomic E-state index is 0.198. The lowest BCUT2D eigenvalue weighted by atomic mass is 9.96. The normalized spacial score (nSPS) is 22.4. The lowest BCUT2D eigenvalue weighted by Gasteiger charge is -2.47. The van der Waals surface area contributed by atoms with Crippen LogP contribution in [-0.4, -0.2) is 53.5 Å². The maximum atomic E-state index is 6.01. The minimum atomic E-state index is 0.198. The van der Waals surface area contributed by atoms with E-state index in [2.05, 4.69) is 47.8 Å². The van der Waals surface area contributed by atoms with Crippen molar-refractivity contribution in [2.75, 3.05) is 33.2 Å². The molecule has 106 valence electrons. The van der Waals surface area contributed by atoms with Crippen LogP contribution in [-0.2, 0) is 0 Å². The van der Waals surface area contributed by atoms with Gasteiger partial charge in [-0.15, -0.1) is 0 Å². The molecule has 2 rings (SSSR count). The average Bonchev–Trinajstić information content (AvgIpc) is 2.36. The summed E-state index contributed by atoms with van der Waals surface area (Å²) >= 11 is 0. The third kappa shape index (κ3) is 3.14. The number of aromatic nitrogens is 1. The molecule has 0 aliphatic carbocycles. The highest BCUT2D eigenvalue weighted by molar-refractivity contribution is 5.18. The van der Waals surface area contributed by atoms with E-state index in [9.17, 15) is 0 Å². The first-order chi connectivity index (χ1) is 8.94. The SMILES string of the molecule is Cc1ccc(C(CN)N2CCN(C)C(C)(C)C2)cn1. The van der Waals surface area contributed by atoms with Crippen LogP contribution in [0.15, 0.2) is 18.3 Å². The molecule has 4 nitrogen and oxygen atoms in total. The summed E-state index contributed by atoms with van der Waals surface area (Å²) in [5.41, 5.74) is 8.50. The second-order valence-electron chi connectivity index (χ2n) is 6.19. The number of rotatable bonds is 3. The Morgan fingerprint density at radius 2 is 2.11 bits per heavy atom. The number of aryl methyl sites for hydroxylation is 1. The summed E-state index contributed by atoms with van der Waals surface area (Å²) in [5.74, 6) is 0. The van der Waals surface area contributed by atoms with E-state index in [-0.39, 0.29) is 11.6 Å². The van der Waals surface area contributed by atoms with E-state index in [4.69, 9.17) is 5.73 Å². The topological polar surface area (TPSA) is 45.4 Å². The minimum Gasteiger partial charge on any atom is -0.329 e. The zero-order valence-electron chi connectivity index (χ0n) is 12.6. The fourth-order valence-electron chi connectivity index (χ4n) is 2.72. The summed E-state index contributed by atoms with van der Waals surface area (Å²) in [5, 5.41) is 0. The van der Waals surface area contributed by atoms with Crippen molar-refractivity contribution in [2.24, 2.45) is 5.73 Å². The van der Waals surface area contributed by atoms with Gasteiger partial charge in [-0.1, -0.05) is 6.07 Å². The van der Waals surface area contributed by atoms with Crippen LogP contribution >= 0.6 is 0 Å². The van der Waals surface area contributed by atoms with Crippen LogP contribution in [0.1, 0.15) is 31.1 Å². The monoisotopic (exact) mass is 262 g/mol. The van der Waals surface area contributed by atoms with Gasteiger partial charge < -0.3 is 5.73 Å². The molecule has 0 amide bonds. The second kappa shape index (κ2) is 5.57. The first-order valence-corrected chi connectivity index (χ1v) is 7.02. The molecule has 0 radical (unpaired) electrons. The van der Waals surface area contributed by atoms with E-state index in [1.54, 1.807) is 0 Å². The average molecular weight is 262 g/mol. The molecule has 1 saturated heterocycles. The van der Waals surface area contributed by atoms with Crippen LogP contribution in [0.4, 0.5) is 0 Å². The molecule has 0 spiro atoms. The highest BCUT2D eigenvalue weighted by Gasteiger charge is 2.34. The summed E-state index contributed by atoms with van der Waals surface area (Å²) in [6, 6.07) is 4.51. The lowest BCUT2D eigenvalue weighted by Crippen LogP contribution is -2.58. The van der Waals surface area contributed by atoms with E-state index in [1.165, 1.54) is 5.56 Å². The Bertz CT molecular complexity index is 413. The molecule has 2 heterocycles. The summed E-state index contributed by atoms with van der Waals surface area (Å²) in [6.07, 6.45) is 1.97. The van der Waals surface area contributed by atoms with Crippen LogP contribution in [0, 0.1) is 6.92 Å². The van der Waals surface area contributed by atoms with Gasteiger partial charge in [-0.3, -0.25) is 14.8 Å². The van der Waals surface area contributed by atoms with Gasteiger partial charge in [0.15, 0.2) is 0 Å². The van der Waals surface area contributed by atoms with Crippen LogP contribution < -0.4 is 5.73 Å². The maximum Gasteiger partial charge on any atom is 0.0487 e. The van der Waals surface area contributed by atoms with Gasteiger partial charge in [-0.05, 0) is 39.4 Å². The largest absolute Gasteiger partial charge is 0.329 e. The van der Waals surface area contributed by atoms with E-state index < -0.39 is 0 Å². The Labute approximate surface area is 116 Å². The van der Waals surface area contributed by atoms with Crippen LogP contribution in [0.25, 0.3) is 0 Å². The van der Waals surface area contributed by atoms with Gasteiger partial charge in [0.1, 0.15) is 0 Å². The van der Waals surface area contributed by atoms with Crippen molar-refractivity contribution in [1.82, 2.24) is 14.8 Å². The van der Waals surface area contributed by atoms with Crippen molar-refractivity contribution in [3.8, 4) is 0 Å². The third-order valence-electron chi connectivity index (χ3n) is 4.33. The zero-order valence-corrected chi connectivity index (χ0v) is 12.6. The molecular weight excluding hydrogens is 236 g/mol. The third-order valence-corrected chi connectivity index (χ3v) is 4.33. The number of likely N-dealkylation sites (N-methyl/N-ethyl adjacent to an activating group) is 1. The van der Waals surface area contributed by atoms with Gasteiger partial charge in [0.2, 0.25) is 0 Å². The summed E-state index contributed by atoms with van der Waals surface area (Å²) in [4.78, 5) is 9.31. The quantitative estimate of drug-likeness (QED) is 0.895. The molecule has 1 aromatic heterocycles. The zero-order chi connectivity index (χ0) is 14.0. The molecule has 1 fully saturated rings. The molecule has 1 aliphatic heterocycles. The number of nitrogens with zero attached hydrogens (tertiary/aromatic N) is 3. The van der Waals surface area contributed by atoms with E-state index >= 15 is 0 Å². The number of hydrogen-bond donors (Lipinski definition) is 1.